The summed E-state index contributed by atoms with van der Waals surface area (Å²) in [5.41, 5.74) is 5.97. The Morgan fingerprint density at radius 2 is 1.86 bits per heavy atom. The minimum absolute atomic E-state index is 0.159. The maximum atomic E-state index is 13.8. The summed E-state index contributed by atoms with van der Waals surface area (Å²) in [6, 6.07) is 10.3. The fraction of sp³-hybridized carbons (Fsp3) is 0.432. The molecule has 2 saturated heterocycles. The van der Waals surface area contributed by atoms with E-state index in [1.807, 2.05) is 24.4 Å². The summed E-state index contributed by atoms with van der Waals surface area (Å²) in [6.07, 6.45) is 7.79. The number of ether oxygens (including phenoxy) is 1. The number of carbonyl (C=O) groups is 2. The van der Waals surface area contributed by atoms with Crippen LogP contribution in [0.25, 0.3) is 11.1 Å². The number of hydrogen-bond donors (Lipinski definition) is 1. The van der Waals surface area contributed by atoms with Gasteiger partial charge in [-0.25, -0.2) is 9.97 Å². The fourth-order valence-electron chi connectivity index (χ4n) is 8.06. The highest BCUT2D eigenvalue weighted by atomic mass is 16.5. The SMILES string of the molecule is CC1CN(c2ccc(Nc3cc(-c4ccnc(N5CCn6c(cc7c6CC(C)(C)C7)C5=O)c4C=O)cn(C)c3=O)nc2)CCN1C1COC1. The first-order chi connectivity index (χ1) is 23.6. The van der Waals surface area contributed by atoms with Gasteiger partial charge in [0, 0.05) is 69.5 Å². The number of rotatable bonds is 7. The third kappa shape index (κ3) is 5.52. The van der Waals surface area contributed by atoms with E-state index in [9.17, 15) is 14.4 Å². The number of nitrogens with one attached hydrogen (secondary N) is 1. The monoisotopic (exact) mass is 662 g/mol. The lowest BCUT2D eigenvalue weighted by Gasteiger charge is -2.47. The van der Waals surface area contributed by atoms with E-state index in [2.05, 4.69) is 50.4 Å². The van der Waals surface area contributed by atoms with Crippen LogP contribution in [-0.4, -0.2) is 87.7 Å². The van der Waals surface area contributed by atoms with Crippen molar-refractivity contribution in [3.63, 3.8) is 0 Å². The molecule has 1 aliphatic carbocycles. The summed E-state index contributed by atoms with van der Waals surface area (Å²) in [7, 11) is 1.68. The number of piperazine rings is 1. The normalized spacial score (nSPS) is 20.6. The molecule has 0 saturated carbocycles. The molecule has 0 radical (unpaired) electrons. The number of hydrogen-bond acceptors (Lipinski definition) is 9. The lowest BCUT2D eigenvalue weighted by atomic mass is 9.90. The molecule has 4 aromatic rings. The predicted molar refractivity (Wildman–Crippen MR) is 188 cm³/mol. The van der Waals surface area contributed by atoms with E-state index >= 15 is 0 Å². The van der Waals surface area contributed by atoms with Crippen molar-refractivity contribution >= 4 is 35.2 Å². The number of aldehydes is 1. The molecule has 1 unspecified atom stereocenters. The van der Waals surface area contributed by atoms with Crippen molar-refractivity contribution in [2.45, 2.75) is 52.2 Å². The summed E-state index contributed by atoms with van der Waals surface area (Å²) >= 11 is 0. The van der Waals surface area contributed by atoms with Gasteiger partial charge in [0.25, 0.3) is 11.5 Å². The van der Waals surface area contributed by atoms with E-state index in [1.54, 1.807) is 36.5 Å². The standard InChI is InChI=1S/C37H42N8O4/c1-23-18-42(9-10-43(23)27-21-49-22-27)26-5-6-33(39-17-26)40-30-13-25(19-41(4)35(30)47)28-7-8-38-34(29(28)20-46)45-12-11-44-31(36(45)48)14-24-15-37(2,3)16-32(24)44/h5-8,13-14,17,19-20,23,27H,9-12,15-16,18,21-22H2,1-4H3,(H,39,40). The van der Waals surface area contributed by atoms with Crippen molar-refractivity contribution < 1.29 is 14.3 Å². The van der Waals surface area contributed by atoms with Crippen LogP contribution in [0.4, 0.5) is 23.0 Å². The van der Waals surface area contributed by atoms with E-state index in [1.165, 1.54) is 15.8 Å². The van der Waals surface area contributed by atoms with E-state index in [4.69, 9.17) is 4.74 Å². The molecule has 49 heavy (non-hydrogen) atoms. The van der Waals surface area contributed by atoms with Gasteiger partial charge < -0.3 is 24.1 Å². The third-order valence-electron chi connectivity index (χ3n) is 10.6. The Balaban J connectivity index is 1.03. The first kappa shape index (κ1) is 31.5. The van der Waals surface area contributed by atoms with Crippen LogP contribution in [0.2, 0.25) is 0 Å². The lowest BCUT2D eigenvalue weighted by molar-refractivity contribution is -0.0792. The van der Waals surface area contributed by atoms with Gasteiger partial charge in [-0.1, -0.05) is 13.8 Å². The lowest BCUT2D eigenvalue weighted by Crippen LogP contribution is -2.60. The average Bonchev–Trinajstić information content (AvgIpc) is 3.55. The third-order valence-corrected chi connectivity index (χ3v) is 10.6. The molecule has 1 atom stereocenters. The summed E-state index contributed by atoms with van der Waals surface area (Å²) in [4.78, 5) is 55.4. The van der Waals surface area contributed by atoms with Gasteiger partial charge in [-0.15, -0.1) is 0 Å². The van der Waals surface area contributed by atoms with Crippen molar-refractivity contribution in [2.24, 2.45) is 12.5 Å². The molecule has 12 heteroatoms. The highest BCUT2D eigenvalue weighted by Crippen LogP contribution is 2.40. The van der Waals surface area contributed by atoms with Gasteiger partial charge in [0.1, 0.15) is 23.0 Å². The Morgan fingerprint density at radius 1 is 1.02 bits per heavy atom. The second kappa shape index (κ2) is 12.0. The topological polar surface area (TPSA) is 118 Å². The second-order valence-electron chi connectivity index (χ2n) is 14.7. The molecule has 4 aromatic heterocycles. The molecule has 2 fully saturated rings. The predicted octanol–water partition coefficient (Wildman–Crippen LogP) is 3.89. The number of anilines is 4. The summed E-state index contributed by atoms with van der Waals surface area (Å²) in [5, 5.41) is 3.20. The molecule has 1 amide bonds. The minimum atomic E-state index is -0.232. The molecule has 0 bridgehead atoms. The molecule has 0 aromatic carbocycles. The zero-order valence-corrected chi connectivity index (χ0v) is 28.5. The summed E-state index contributed by atoms with van der Waals surface area (Å²) < 4.78 is 9.03. The molecular formula is C37H42N8O4. The first-order valence-electron chi connectivity index (χ1n) is 17.1. The quantitative estimate of drug-likeness (QED) is 0.294. The Morgan fingerprint density at radius 3 is 2.57 bits per heavy atom. The van der Waals surface area contributed by atoms with Gasteiger partial charge in [0.15, 0.2) is 6.29 Å². The van der Waals surface area contributed by atoms with Crippen molar-refractivity contribution in [1.29, 1.82) is 0 Å². The highest BCUT2D eigenvalue weighted by molar-refractivity contribution is 6.08. The Kier molecular flexibility index (Phi) is 7.68. The van der Waals surface area contributed by atoms with Crippen molar-refractivity contribution in [3.05, 3.63) is 81.8 Å². The maximum Gasteiger partial charge on any atom is 0.276 e. The summed E-state index contributed by atoms with van der Waals surface area (Å²) in [5.74, 6) is 0.703. The van der Waals surface area contributed by atoms with Crippen LogP contribution in [0.3, 0.4) is 0 Å². The number of nitrogens with zero attached hydrogens (tertiary/aromatic N) is 7. The molecule has 4 aliphatic rings. The largest absolute Gasteiger partial charge is 0.378 e. The number of aromatic nitrogens is 4. The molecule has 7 heterocycles. The van der Waals surface area contributed by atoms with Crippen molar-refractivity contribution in [1.82, 2.24) is 24.0 Å². The molecule has 3 aliphatic heterocycles. The zero-order chi connectivity index (χ0) is 34.0. The number of aryl methyl sites for hydroxylation is 1. The second-order valence-corrected chi connectivity index (χ2v) is 14.7. The van der Waals surface area contributed by atoms with Crippen molar-refractivity contribution in [2.75, 3.05) is 54.5 Å². The van der Waals surface area contributed by atoms with E-state index < -0.39 is 0 Å². The number of carbonyl (C=O) groups excluding carboxylic acids is 2. The summed E-state index contributed by atoms with van der Waals surface area (Å²) in [6.45, 7) is 12.3. The average molecular weight is 663 g/mol. The van der Waals surface area contributed by atoms with E-state index in [0.717, 1.165) is 57.7 Å². The molecule has 12 nitrogen and oxygen atoms in total. The minimum Gasteiger partial charge on any atom is -0.378 e. The fourth-order valence-corrected chi connectivity index (χ4v) is 8.06. The van der Waals surface area contributed by atoms with E-state index in [-0.39, 0.29) is 16.9 Å². The van der Waals surface area contributed by atoms with Crippen LogP contribution in [0.15, 0.2) is 53.7 Å². The Labute approximate surface area is 285 Å². The van der Waals surface area contributed by atoms with E-state index in [0.29, 0.717) is 64.9 Å². The Hall–Kier alpha value is -4.81. The van der Waals surface area contributed by atoms with Gasteiger partial charge >= 0.3 is 0 Å². The highest BCUT2D eigenvalue weighted by Gasteiger charge is 2.38. The Bertz CT molecular complexity index is 2010. The number of pyridine rings is 3. The smallest absolute Gasteiger partial charge is 0.276 e. The molecule has 254 valence electrons. The van der Waals surface area contributed by atoms with Gasteiger partial charge in [-0.2, -0.15) is 0 Å². The van der Waals surface area contributed by atoms with Crippen LogP contribution >= 0.6 is 0 Å². The molecule has 8 rings (SSSR count). The number of amides is 1. The maximum absolute atomic E-state index is 13.8. The van der Waals surface area contributed by atoms with Crippen molar-refractivity contribution in [3.8, 4) is 11.1 Å². The van der Waals surface area contributed by atoms with Crippen LogP contribution in [0, 0.1) is 5.41 Å². The zero-order valence-electron chi connectivity index (χ0n) is 28.5. The van der Waals surface area contributed by atoms with Crippen LogP contribution in [0.5, 0.6) is 0 Å². The van der Waals surface area contributed by atoms with Gasteiger partial charge in [-0.05, 0) is 66.6 Å². The van der Waals surface area contributed by atoms with Gasteiger partial charge in [0.05, 0.1) is 36.7 Å². The van der Waals surface area contributed by atoms with Crippen LogP contribution < -0.4 is 20.7 Å². The first-order valence-corrected chi connectivity index (χ1v) is 17.1. The molecule has 0 spiro atoms. The number of fused-ring (bicyclic) bond motifs is 3. The van der Waals surface area contributed by atoms with Gasteiger partial charge in [-0.3, -0.25) is 24.2 Å². The van der Waals surface area contributed by atoms with Crippen LogP contribution in [0.1, 0.15) is 52.9 Å². The molecular weight excluding hydrogens is 620 g/mol. The van der Waals surface area contributed by atoms with Crippen LogP contribution in [-0.2, 0) is 31.2 Å². The molecule has 1 N–H and O–H groups in total. The van der Waals surface area contributed by atoms with Gasteiger partial charge in [0.2, 0.25) is 0 Å².